The maximum Gasteiger partial charge on any atom is 0.191 e. The maximum atomic E-state index is 10.3. The molecule has 1 aromatic heterocycles. The van der Waals surface area contributed by atoms with Gasteiger partial charge in [-0.3, -0.25) is 4.90 Å². The van der Waals surface area contributed by atoms with E-state index in [2.05, 4.69) is 50.9 Å². The second-order valence-corrected chi connectivity index (χ2v) is 9.47. The highest BCUT2D eigenvalue weighted by Crippen LogP contribution is 2.27. The van der Waals surface area contributed by atoms with Crippen LogP contribution in [0.4, 0.5) is 0 Å². The zero-order valence-electron chi connectivity index (χ0n) is 19.5. The van der Waals surface area contributed by atoms with E-state index < -0.39 is 0 Å². The lowest BCUT2D eigenvalue weighted by Gasteiger charge is -2.20. The third-order valence-electron chi connectivity index (χ3n) is 5.96. The van der Waals surface area contributed by atoms with Gasteiger partial charge in [0.15, 0.2) is 5.16 Å². The Balaban J connectivity index is 1.49. The molecule has 4 rings (SSSR count). The van der Waals surface area contributed by atoms with Crippen molar-refractivity contribution >= 4 is 11.8 Å². The number of hydrogen-bond acceptors (Lipinski definition) is 7. The monoisotopic (exact) mass is 468 g/mol. The third-order valence-corrected chi connectivity index (χ3v) is 6.98. The average molecular weight is 469 g/mol. The molecule has 7 nitrogen and oxygen atoms in total. The van der Waals surface area contributed by atoms with Crippen LogP contribution in [0.1, 0.15) is 35.4 Å². The summed E-state index contributed by atoms with van der Waals surface area (Å²) in [5.41, 5.74) is 3.41. The topological polar surface area (TPSA) is 72.6 Å². The number of thioether (sulfide) groups is 1. The van der Waals surface area contributed by atoms with Gasteiger partial charge in [0, 0.05) is 24.5 Å². The fraction of sp³-hybridized carbons (Fsp3) is 0.440. The Morgan fingerprint density at radius 2 is 2.03 bits per heavy atom. The van der Waals surface area contributed by atoms with E-state index in [-0.39, 0.29) is 11.9 Å². The number of aromatic nitrogens is 3. The number of hydrogen-bond donors (Lipinski definition) is 1. The molecule has 2 aromatic carbocycles. The first-order chi connectivity index (χ1) is 16.0. The number of rotatable bonds is 10. The fourth-order valence-corrected chi connectivity index (χ4v) is 5.08. The second kappa shape index (κ2) is 11.0. The van der Waals surface area contributed by atoms with E-state index in [1.165, 1.54) is 11.1 Å². The average Bonchev–Trinajstić information content (AvgIpc) is 3.46. The minimum absolute atomic E-state index is 0.199. The summed E-state index contributed by atoms with van der Waals surface area (Å²) in [6.45, 7) is 4.91. The molecule has 2 heterocycles. The van der Waals surface area contributed by atoms with Gasteiger partial charge < -0.3 is 19.1 Å². The summed E-state index contributed by atoms with van der Waals surface area (Å²) >= 11 is 1.72. The molecule has 0 spiro atoms. The van der Waals surface area contributed by atoms with Gasteiger partial charge in [0.05, 0.1) is 26.3 Å². The lowest BCUT2D eigenvalue weighted by Crippen LogP contribution is -2.23. The van der Waals surface area contributed by atoms with E-state index in [0.29, 0.717) is 13.1 Å². The predicted octanol–water partition coefficient (Wildman–Crippen LogP) is 4.40. The van der Waals surface area contributed by atoms with Crippen molar-refractivity contribution in [2.45, 2.75) is 56.4 Å². The SMILES string of the molecule is COc1ccc(O)c(CN(C)Cc2nnc(SCc3ccccc3C)n2C[C@H]2CCCO2)c1. The van der Waals surface area contributed by atoms with Gasteiger partial charge in [-0.25, -0.2) is 0 Å². The van der Waals surface area contributed by atoms with E-state index in [4.69, 9.17) is 9.47 Å². The van der Waals surface area contributed by atoms with E-state index >= 15 is 0 Å². The van der Waals surface area contributed by atoms with Crippen LogP contribution in [0, 0.1) is 6.92 Å². The van der Waals surface area contributed by atoms with Gasteiger partial charge >= 0.3 is 0 Å². The van der Waals surface area contributed by atoms with Crippen LogP contribution in [0.15, 0.2) is 47.6 Å². The molecule has 0 bridgehead atoms. The van der Waals surface area contributed by atoms with Crippen LogP contribution in [-0.2, 0) is 30.1 Å². The third kappa shape index (κ3) is 6.07. The van der Waals surface area contributed by atoms with Crippen molar-refractivity contribution in [2.75, 3.05) is 20.8 Å². The molecule has 33 heavy (non-hydrogen) atoms. The van der Waals surface area contributed by atoms with Crippen LogP contribution in [0.5, 0.6) is 11.5 Å². The molecule has 1 aliphatic rings. The fourth-order valence-electron chi connectivity index (χ4n) is 4.04. The molecular weight excluding hydrogens is 436 g/mol. The smallest absolute Gasteiger partial charge is 0.191 e. The number of phenolic OH excluding ortho intramolecular Hbond substituents is 1. The number of phenols is 1. The number of aryl methyl sites for hydroxylation is 1. The van der Waals surface area contributed by atoms with Gasteiger partial charge in [0.1, 0.15) is 17.3 Å². The molecule has 8 heteroatoms. The Labute approximate surface area is 199 Å². The van der Waals surface area contributed by atoms with E-state index in [0.717, 1.165) is 54.0 Å². The molecule has 176 valence electrons. The summed E-state index contributed by atoms with van der Waals surface area (Å²) in [5.74, 6) is 2.75. The summed E-state index contributed by atoms with van der Waals surface area (Å²) in [4.78, 5) is 2.13. The van der Waals surface area contributed by atoms with Crippen molar-refractivity contribution in [2.24, 2.45) is 0 Å². The molecule has 3 aromatic rings. The Bertz CT molecular complexity index is 1070. The van der Waals surface area contributed by atoms with E-state index in [1.54, 1.807) is 31.0 Å². The first kappa shape index (κ1) is 23.6. The highest BCUT2D eigenvalue weighted by Gasteiger charge is 2.22. The number of methoxy groups -OCH3 is 1. The minimum atomic E-state index is 0.199. The summed E-state index contributed by atoms with van der Waals surface area (Å²) in [6, 6.07) is 13.7. The standard InChI is InChI=1S/C25H32N4O3S/c1-18-7-4-5-8-19(18)17-33-25-27-26-24(29(25)15-22-9-6-12-32-22)16-28(2)14-20-13-21(31-3)10-11-23(20)30/h4-5,7-8,10-11,13,22,30H,6,9,12,14-17H2,1-3H3/t22-/m1/s1. The molecule has 1 atom stereocenters. The van der Waals surface area contributed by atoms with Crippen molar-refractivity contribution < 1.29 is 14.6 Å². The molecule has 1 N–H and O–H groups in total. The number of aromatic hydroxyl groups is 1. The Morgan fingerprint density at radius 1 is 1.18 bits per heavy atom. The van der Waals surface area contributed by atoms with Gasteiger partial charge in [-0.2, -0.15) is 0 Å². The summed E-state index contributed by atoms with van der Waals surface area (Å²) < 4.78 is 13.4. The molecular formula is C25H32N4O3S. The van der Waals surface area contributed by atoms with Gasteiger partial charge in [-0.15, -0.1) is 10.2 Å². The van der Waals surface area contributed by atoms with Gasteiger partial charge in [0.2, 0.25) is 0 Å². The predicted molar refractivity (Wildman–Crippen MR) is 130 cm³/mol. The largest absolute Gasteiger partial charge is 0.508 e. The van der Waals surface area contributed by atoms with Crippen molar-refractivity contribution in [1.29, 1.82) is 0 Å². The lowest BCUT2D eigenvalue weighted by molar-refractivity contribution is 0.0934. The quantitative estimate of drug-likeness (QED) is 0.442. The molecule has 1 aliphatic heterocycles. The van der Waals surface area contributed by atoms with Crippen molar-refractivity contribution in [1.82, 2.24) is 19.7 Å². The molecule has 0 radical (unpaired) electrons. The zero-order chi connectivity index (χ0) is 23.2. The van der Waals surface area contributed by atoms with Crippen LogP contribution in [0.25, 0.3) is 0 Å². The highest BCUT2D eigenvalue weighted by atomic mass is 32.2. The van der Waals surface area contributed by atoms with Crippen molar-refractivity contribution in [3.63, 3.8) is 0 Å². The van der Waals surface area contributed by atoms with Crippen LogP contribution < -0.4 is 4.74 Å². The van der Waals surface area contributed by atoms with Gasteiger partial charge in [-0.05, 0) is 56.1 Å². The minimum Gasteiger partial charge on any atom is -0.508 e. The normalized spacial score (nSPS) is 15.9. The van der Waals surface area contributed by atoms with Crippen molar-refractivity contribution in [3.05, 3.63) is 65.0 Å². The first-order valence-corrected chi connectivity index (χ1v) is 12.3. The number of nitrogens with zero attached hydrogens (tertiary/aromatic N) is 4. The molecule has 0 amide bonds. The molecule has 0 unspecified atom stereocenters. The maximum absolute atomic E-state index is 10.3. The number of ether oxygens (including phenoxy) is 2. The summed E-state index contributed by atoms with van der Waals surface area (Å²) in [5, 5.41) is 20.2. The van der Waals surface area contributed by atoms with Crippen molar-refractivity contribution in [3.8, 4) is 11.5 Å². The Morgan fingerprint density at radius 3 is 2.79 bits per heavy atom. The number of benzene rings is 2. The molecule has 1 saturated heterocycles. The highest BCUT2D eigenvalue weighted by molar-refractivity contribution is 7.98. The van der Waals surface area contributed by atoms with Gasteiger partial charge in [-0.1, -0.05) is 36.0 Å². The van der Waals surface area contributed by atoms with Crippen LogP contribution >= 0.6 is 11.8 Å². The Hall–Kier alpha value is -2.55. The second-order valence-electron chi connectivity index (χ2n) is 8.53. The lowest BCUT2D eigenvalue weighted by atomic mass is 10.1. The summed E-state index contributed by atoms with van der Waals surface area (Å²) in [6.07, 6.45) is 2.36. The molecule has 0 aliphatic carbocycles. The summed E-state index contributed by atoms with van der Waals surface area (Å²) in [7, 11) is 3.65. The van der Waals surface area contributed by atoms with Crippen LogP contribution in [-0.4, -0.2) is 51.6 Å². The molecule has 0 saturated carbocycles. The van der Waals surface area contributed by atoms with E-state index in [9.17, 15) is 5.11 Å². The first-order valence-electron chi connectivity index (χ1n) is 11.3. The van der Waals surface area contributed by atoms with E-state index in [1.807, 2.05) is 13.1 Å². The van der Waals surface area contributed by atoms with Gasteiger partial charge in [0.25, 0.3) is 0 Å². The Kier molecular flexibility index (Phi) is 7.90. The van der Waals surface area contributed by atoms with Crippen LogP contribution in [0.3, 0.4) is 0 Å². The molecule has 1 fully saturated rings. The zero-order valence-corrected chi connectivity index (χ0v) is 20.3. The van der Waals surface area contributed by atoms with Crippen LogP contribution in [0.2, 0.25) is 0 Å².